The summed E-state index contributed by atoms with van der Waals surface area (Å²) in [6.45, 7) is 5.26. The van der Waals surface area contributed by atoms with Crippen LogP contribution in [-0.4, -0.2) is 35.1 Å². The minimum absolute atomic E-state index is 0.0252. The Labute approximate surface area is 226 Å². The van der Waals surface area contributed by atoms with Crippen molar-refractivity contribution in [3.8, 4) is 0 Å². The summed E-state index contributed by atoms with van der Waals surface area (Å²) in [5, 5.41) is 2.83. The van der Waals surface area contributed by atoms with Crippen LogP contribution in [-0.2, 0) is 20.4 Å². The fourth-order valence-corrected chi connectivity index (χ4v) is 7.11. The van der Waals surface area contributed by atoms with E-state index in [0.717, 1.165) is 33.1 Å². The monoisotopic (exact) mass is 553 g/mol. The predicted molar refractivity (Wildman–Crippen MR) is 145 cm³/mol. The molecule has 0 aliphatic carbocycles. The van der Waals surface area contributed by atoms with Crippen LogP contribution in [0.15, 0.2) is 54.1 Å². The molecule has 1 atom stereocenters. The highest BCUT2D eigenvalue weighted by Gasteiger charge is 2.60. The third-order valence-corrected chi connectivity index (χ3v) is 9.36. The normalized spacial score (nSPS) is 22.7. The van der Waals surface area contributed by atoms with Crippen LogP contribution in [0.3, 0.4) is 0 Å². The maximum atomic E-state index is 15.1. The topological polar surface area (TPSA) is 52.7 Å². The second-order valence-electron chi connectivity index (χ2n) is 10.4. The molecule has 6 rings (SSSR count). The van der Waals surface area contributed by atoms with Crippen molar-refractivity contribution in [1.29, 1.82) is 0 Å². The smallest absolute Gasteiger partial charge is 0.301 e. The summed E-state index contributed by atoms with van der Waals surface area (Å²) >= 11 is 6.13. The number of hydrogen-bond donors (Lipinski definition) is 1. The van der Waals surface area contributed by atoms with Gasteiger partial charge in [0.15, 0.2) is 5.11 Å². The van der Waals surface area contributed by atoms with Crippen molar-refractivity contribution in [2.24, 2.45) is 0 Å². The Morgan fingerprint density at radius 3 is 2.34 bits per heavy atom. The van der Waals surface area contributed by atoms with Crippen LogP contribution in [0.25, 0.3) is 6.08 Å². The average molecular weight is 554 g/mol. The molecule has 1 N–H and O–H groups in total. The van der Waals surface area contributed by atoms with Crippen LogP contribution in [0, 0.1) is 0 Å². The Morgan fingerprint density at radius 2 is 1.63 bits per heavy atom. The average Bonchev–Trinajstić information content (AvgIpc) is 3.28. The molecule has 2 aromatic carbocycles. The van der Waals surface area contributed by atoms with Crippen molar-refractivity contribution < 1.29 is 22.8 Å². The van der Waals surface area contributed by atoms with Gasteiger partial charge in [-0.2, -0.15) is 13.2 Å². The van der Waals surface area contributed by atoms with Gasteiger partial charge in [0.1, 0.15) is 16.0 Å². The first kappa shape index (κ1) is 24.8. The van der Waals surface area contributed by atoms with E-state index in [9.17, 15) is 9.59 Å². The van der Waals surface area contributed by atoms with Gasteiger partial charge in [-0.15, -0.1) is 11.3 Å². The van der Waals surface area contributed by atoms with Gasteiger partial charge >= 0.3 is 6.18 Å². The molecule has 3 aliphatic rings. The fourth-order valence-electron chi connectivity index (χ4n) is 5.70. The third kappa shape index (κ3) is 3.07. The second kappa shape index (κ2) is 7.77. The number of thiophene rings is 1. The minimum Gasteiger partial charge on any atom is -0.301 e. The van der Waals surface area contributed by atoms with Crippen molar-refractivity contribution >= 4 is 62.9 Å². The van der Waals surface area contributed by atoms with Crippen molar-refractivity contribution in [3.63, 3.8) is 0 Å². The summed E-state index contributed by atoms with van der Waals surface area (Å²) < 4.78 is 45.2. The lowest BCUT2D eigenvalue weighted by atomic mass is 9.66. The van der Waals surface area contributed by atoms with E-state index < -0.39 is 28.8 Å². The molecule has 0 radical (unpaired) electrons. The predicted octanol–water partition coefficient (Wildman–Crippen LogP) is 6.30. The molecule has 1 fully saturated rings. The number of halogens is 3. The van der Waals surface area contributed by atoms with Gasteiger partial charge in [0.05, 0.1) is 11.4 Å². The van der Waals surface area contributed by atoms with Crippen molar-refractivity contribution in [2.45, 2.75) is 37.8 Å². The van der Waals surface area contributed by atoms with E-state index in [1.165, 1.54) is 26.1 Å². The molecule has 0 saturated carbocycles. The van der Waals surface area contributed by atoms with E-state index in [4.69, 9.17) is 12.2 Å². The van der Waals surface area contributed by atoms with Crippen molar-refractivity contribution in [3.05, 3.63) is 81.2 Å². The largest absolute Gasteiger partial charge is 0.402 e. The van der Waals surface area contributed by atoms with Gasteiger partial charge in [0, 0.05) is 22.9 Å². The van der Waals surface area contributed by atoms with E-state index in [0.29, 0.717) is 15.6 Å². The van der Waals surface area contributed by atoms with Crippen LogP contribution in [0.1, 0.15) is 47.9 Å². The maximum Gasteiger partial charge on any atom is 0.402 e. The zero-order valence-electron chi connectivity index (χ0n) is 20.9. The Kier molecular flexibility index (Phi) is 5.07. The molecule has 1 unspecified atom stereocenters. The number of nitrogens with zero attached hydrogens (tertiary/aromatic N) is 2. The number of benzene rings is 2. The molecule has 0 spiro atoms. The quantitative estimate of drug-likeness (QED) is 0.219. The van der Waals surface area contributed by atoms with E-state index in [2.05, 4.69) is 5.32 Å². The molecule has 38 heavy (non-hydrogen) atoms. The van der Waals surface area contributed by atoms with E-state index in [1.807, 2.05) is 49.1 Å². The van der Waals surface area contributed by atoms with E-state index >= 15 is 13.2 Å². The number of amides is 2. The molecule has 2 amide bonds. The molecule has 3 aliphatic heterocycles. The first-order valence-corrected chi connectivity index (χ1v) is 13.1. The minimum atomic E-state index is -4.61. The Hall–Kier alpha value is -3.50. The highest BCUT2D eigenvalue weighted by atomic mass is 32.1. The first-order valence-electron chi connectivity index (χ1n) is 11.9. The Balaban J connectivity index is 1.65. The molecule has 1 saturated heterocycles. The number of para-hydroxylation sites is 2. The number of carbonyl (C=O) groups is 2. The molecule has 194 valence electrons. The second-order valence-corrected chi connectivity index (χ2v) is 11.8. The lowest BCUT2D eigenvalue weighted by Gasteiger charge is -2.49. The SMILES string of the molecule is CN1C(=O)/C(=C/c2cc3c(s2)N2c4ccccc4C(C)(C)c4cccc(c42)C3(C)C(F)(F)F)C(=O)NC1=S. The van der Waals surface area contributed by atoms with Crippen LogP contribution in [0.5, 0.6) is 0 Å². The Bertz CT molecular complexity index is 1620. The van der Waals surface area contributed by atoms with Gasteiger partial charge < -0.3 is 4.90 Å². The molecular weight excluding hydrogens is 531 g/mol. The highest BCUT2D eigenvalue weighted by Crippen LogP contribution is 2.64. The third-order valence-electron chi connectivity index (χ3n) is 7.92. The van der Waals surface area contributed by atoms with Crippen LogP contribution in [0.2, 0.25) is 0 Å². The first-order chi connectivity index (χ1) is 17.8. The number of thiocarbonyl (C=S) groups is 1. The van der Waals surface area contributed by atoms with Crippen molar-refractivity contribution in [2.75, 3.05) is 11.9 Å². The summed E-state index contributed by atoms with van der Waals surface area (Å²) in [6.07, 6.45) is -3.26. The van der Waals surface area contributed by atoms with Crippen LogP contribution >= 0.6 is 23.6 Å². The van der Waals surface area contributed by atoms with Gasteiger partial charge in [0.2, 0.25) is 0 Å². The number of anilines is 3. The molecule has 4 heterocycles. The molecular formula is C28H22F3N3O2S2. The number of alkyl halides is 3. The standard InChI is InChI=1S/C28H22F3N3O2S2/c1-26(2)16-8-5-6-11-20(16)34-21-17(26)9-7-10-18(21)27(3,28(29,30)31)19-13-14(38-24(19)34)12-15-22(35)32-25(37)33(4)23(15)36/h5-13H,1-4H3,(H,32,35,37)/b15-12+. The van der Waals surface area contributed by atoms with Gasteiger partial charge in [-0.3, -0.25) is 19.8 Å². The molecule has 5 nitrogen and oxygen atoms in total. The molecule has 3 aromatic rings. The molecule has 10 heteroatoms. The summed E-state index contributed by atoms with van der Waals surface area (Å²) in [5.74, 6) is -1.29. The zero-order chi connectivity index (χ0) is 27.4. The number of likely N-dealkylation sites (N-methyl/N-ethyl adjacent to an activating group) is 1. The maximum absolute atomic E-state index is 15.1. The number of nitrogens with one attached hydrogen (secondary N) is 1. The van der Waals surface area contributed by atoms with Crippen LogP contribution in [0.4, 0.5) is 29.5 Å². The van der Waals surface area contributed by atoms with Gasteiger partial charge in [-0.05, 0) is 54.0 Å². The molecule has 1 aromatic heterocycles. The van der Waals surface area contributed by atoms with Gasteiger partial charge in [-0.1, -0.05) is 50.2 Å². The number of fused-ring (bicyclic) bond motifs is 4. The van der Waals surface area contributed by atoms with Crippen LogP contribution < -0.4 is 10.2 Å². The Morgan fingerprint density at radius 1 is 0.974 bits per heavy atom. The fraction of sp³-hybridized carbons (Fsp3) is 0.250. The highest BCUT2D eigenvalue weighted by molar-refractivity contribution is 7.80. The summed E-state index contributed by atoms with van der Waals surface area (Å²) in [6, 6.07) is 14.3. The number of rotatable bonds is 1. The lowest BCUT2D eigenvalue weighted by Crippen LogP contribution is -2.52. The summed E-state index contributed by atoms with van der Waals surface area (Å²) in [4.78, 5) is 28.8. The zero-order valence-corrected chi connectivity index (χ0v) is 22.5. The van der Waals surface area contributed by atoms with E-state index in [1.54, 1.807) is 12.1 Å². The van der Waals surface area contributed by atoms with Crippen molar-refractivity contribution in [1.82, 2.24) is 10.2 Å². The lowest BCUT2D eigenvalue weighted by molar-refractivity contribution is -0.173. The number of hydrogen-bond acceptors (Lipinski definition) is 5. The summed E-state index contributed by atoms with van der Waals surface area (Å²) in [5.41, 5.74) is 0.363. The van der Waals surface area contributed by atoms with E-state index in [-0.39, 0.29) is 21.8 Å². The van der Waals surface area contributed by atoms with Gasteiger partial charge in [0.25, 0.3) is 11.8 Å². The van der Waals surface area contributed by atoms with Gasteiger partial charge in [-0.25, -0.2) is 0 Å². The number of carbonyl (C=O) groups excluding carboxylic acids is 2. The molecule has 0 bridgehead atoms. The summed E-state index contributed by atoms with van der Waals surface area (Å²) in [7, 11) is 1.43.